The van der Waals surface area contributed by atoms with Crippen molar-refractivity contribution in [2.24, 2.45) is 5.18 Å². The predicted molar refractivity (Wildman–Crippen MR) is 43.3 cm³/mol. The molecule has 0 bridgehead atoms. The van der Waals surface area contributed by atoms with Gasteiger partial charge in [0.2, 0.25) is 0 Å². The molecule has 2 nitrogen and oxygen atoms in total. The van der Waals surface area contributed by atoms with Gasteiger partial charge in [-0.1, -0.05) is 11.2 Å². The van der Waals surface area contributed by atoms with Crippen molar-refractivity contribution < 1.29 is 4.39 Å². The number of rotatable bonds is 1. The molecule has 0 heterocycles. The van der Waals surface area contributed by atoms with Gasteiger partial charge in [-0.3, -0.25) is 0 Å². The van der Waals surface area contributed by atoms with Crippen molar-refractivity contribution >= 4 is 0 Å². The largest absolute Gasteiger partial charge is 0.207 e. The molecule has 0 fully saturated rings. The van der Waals surface area contributed by atoms with E-state index in [-0.39, 0.29) is 11.9 Å². The lowest BCUT2D eigenvalue weighted by Gasteiger charge is -2.00. The van der Waals surface area contributed by atoms with E-state index in [1.54, 1.807) is 6.07 Å². The van der Waals surface area contributed by atoms with Crippen molar-refractivity contribution in [1.29, 1.82) is 0 Å². The van der Waals surface area contributed by atoms with Crippen molar-refractivity contribution in [1.82, 2.24) is 0 Å². The van der Waals surface area contributed by atoms with Crippen LogP contribution in [-0.4, -0.2) is 0 Å². The van der Waals surface area contributed by atoms with Crippen LogP contribution in [0.2, 0.25) is 0 Å². The minimum Gasteiger partial charge on any atom is -0.207 e. The number of hydrogen-bond acceptors (Lipinski definition) is 2. The van der Waals surface area contributed by atoms with E-state index in [1.165, 1.54) is 12.1 Å². The Morgan fingerprint density at radius 1 is 1.50 bits per heavy atom. The second-order valence-corrected chi connectivity index (χ2v) is 3.00. The van der Waals surface area contributed by atoms with Crippen LogP contribution in [0.5, 0.6) is 0 Å². The van der Waals surface area contributed by atoms with E-state index < -0.39 is 0 Å². The highest BCUT2D eigenvalue weighted by molar-refractivity contribution is 5.34. The third-order valence-electron chi connectivity index (χ3n) is 2.28. The third kappa shape index (κ3) is 1.02. The molecule has 1 aliphatic carbocycles. The zero-order valence-electron chi connectivity index (χ0n) is 6.46. The zero-order valence-corrected chi connectivity index (χ0v) is 6.46. The highest BCUT2D eigenvalue weighted by Gasteiger charge is 2.22. The molecule has 62 valence electrons. The quantitative estimate of drug-likeness (QED) is 0.588. The summed E-state index contributed by atoms with van der Waals surface area (Å²) in [6, 6.07) is 4.27. The lowest BCUT2D eigenvalue weighted by Crippen LogP contribution is -1.87. The Kier molecular flexibility index (Phi) is 1.64. The fraction of sp³-hybridized carbons (Fsp3) is 0.333. The average Bonchev–Trinajstić information content (AvgIpc) is 2.46. The number of nitroso groups, excluding NO2 is 1. The van der Waals surface area contributed by atoms with Crippen LogP contribution in [0, 0.1) is 10.7 Å². The number of fused-ring (bicyclic) bond motifs is 1. The number of nitrogens with zero attached hydrogens (tertiary/aromatic N) is 1. The summed E-state index contributed by atoms with van der Waals surface area (Å²) in [6.07, 6.45) is 1.49. The van der Waals surface area contributed by atoms with E-state index >= 15 is 0 Å². The van der Waals surface area contributed by atoms with Crippen molar-refractivity contribution in [2.45, 2.75) is 18.9 Å². The van der Waals surface area contributed by atoms with Gasteiger partial charge < -0.3 is 0 Å². The van der Waals surface area contributed by atoms with Crippen LogP contribution >= 0.6 is 0 Å². The summed E-state index contributed by atoms with van der Waals surface area (Å²) in [6.45, 7) is 0. The van der Waals surface area contributed by atoms with E-state index in [9.17, 15) is 9.30 Å². The van der Waals surface area contributed by atoms with Crippen LogP contribution in [0.4, 0.5) is 4.39 Å². The van der Waals surface area contributed by atoms with Crippen molar-refractivity contribution in [3.63, 3.8) is 0 Å². The summed E-state index contributed by atoms with van der Waals surface area (Å²) in [5, 5.41) is 2.99. The maximum atomic E-state index is 12.7. The Morgan fingerprint density at radius 3 is 3.08 bits per heavy atom. The predicted octanol–water partition coefficient (Wildman–Crippen LogP) is 2.58. The molecule has 0 spiro atoms. The minimum atomic E-state index is -0.249. The lowest BCUT2D eigenvalue weighted by atomic mass is 10.1. The van der Waals surface area contributed by atoms with E-state index in [4.69, 9.17) is 0 Å². The Labute approximate surface area is 69.4 Å². The molecule has 1 atom stereocenters. The summed E-state index contributed by atoms with van der Waals surface area (Å²) in [5.74, 6) is -0.236. The monoisotopic (exact) mass is 165 g/mol. The Bertz CT molecular complexity index is 324. The van der Waals surface area contributed by atoms with E-state index in [0.717, 1.165) is 24.0 Å². The SMILES string of the molecule is O=NC1CCc2cc(F)ccc21. The summed E-state index contributed by atoms with van der Waals surface area (Å²) in [7, 11) is 0. The second-order valence-electron chi connectivity index (χ2n) is 3.00. The minimum absolute atomic E-state index is 0.236. The Balaban J connectivity index is 2.47. The Morgan fingerprint density at radius 2 is 2.33 bits per heavy atom. The first-order valence-electron chi connectivity index (χ1n) is 3.92. The number of aryl methyl sites for hydroxylation is 1. The van der Waals surface area contributed by atoms with Gasteiger partial charge >= 0.3 is 0 Å². The molecule has 12 heavy (non-hydrogen) atoms. The fourth-order valence-electron chi connectivity index (χ4n) is 1.67. The van der Waals surface area contributed by atoms with Crippen molar-refractivity contribution in [3.8, 4) is 0 Å². The normalized spacial score (nSPS) is 20.6. The summed E-state index contributed by atoms with van der Waals surface area (Å²) in [4.78, 5) is 10.3. The van der Waals surface area contributed by atoms with Gasteiger partial charge in [-0.25, -0.2) is 4.39 Å². The van der Waals surface area contributed by atoms with E-state index in [0.29, 0.717) is 0 Å². The van der Waals surface area contributed by atoms with Gasteiger partial charge in [-0.2, -0.15) is 4.91 Å². The van der Waals surface area contributed by atoms with E-state index in [1.807, 2.05) is 0 Å². The van der Waals surface area contributed by atoms with Gasteiger partial charge in [0.25, 0.3) is 0 Å². The third-order valence-corrected chi connectivity index (χ3v) is 2.28. The molecule has 3 heteroatoms. The molecule has 0 aliphatic heterocycles. The standard InChI is InChI=1S/C9H8FNO/c10-7-2-3-8-6(5-7)1-4-9(8)11-12/h2-3,5,9H,1,4H2. The number of benzene rings is 1. The van der Waals surface area contributed by atoms with Crippen molar-refractivity contribution in [2.75, 3.05) is 0 Å². The molecule has 1 aromatic rings. The molecular weight excluding hydrogens is 157 g/mol. The first-order valence-corrected chi connectivity index (χ1v) is 3.92. The topological polar surface area (TPSA) is 29.4 Å². The van der Waals surface area contributed by atoms with Gasteiger partial charge in [0, 0.05) is 0 Å². The molecule has 2 rings (SSSR count). The number of halogens is 1. The summed E-state index contributed by atoms with van der Waals surface area (Å²) < 4.78 is 12.7. The molecule has 0 saturated heterocycles. The maximum Gasteiger partial charge on any atom is 0.123 e. The maximum absolute atomic E-state index is 12.7. The van der Waals surface area contributed by atoms with Crippen LogP contribution in [0.15, 0.2) is 23.4 Å². The summed E-state index contributed by atoms with van der Waals surface area (Å²) in [5.41, 5.74) is 1.83. The van der Waals surface area contributed by atoms with Crippen LogP contribution in [-0.2, 0) is 6.42 Å². The van der Waals surface area contributed by atoms with Gasteiger partial charge in [-0.05, 0) is 36.1 Å². The van der Waals surface area contributed by atoms with Crippen LogP contribution in [0.1, 0.15) is 23.6 Å². The van der Waals surface area contributed by atoms with Crippen LogP contribution in [0.25, 0.3) is 0 Å². The second kappa shape index (κ2) is 2.66. The highest BCUT2D eigenvalue weighted by Crippen LogP contribution is 2.33. The molecule has 1 aliphatic rings. The average molecular weight is 165 g/mol. The first-order chi connectivity index (χ1) is 5.81. The fourth-order valence-corrected chi connectivity index (χ4v) is 1.67. The molecule has 0 saturated carbocycles. The molecule has 0 amide bonds. The molecular formula is C9H8FNO. The van der Waals surface area contributed by atoms with Crippen LogP contribution < -0.4 is 0 Å². The molecule has 0 radical (unpaired) electrons. The van der Waals surface area contributed by atoms with Crippen LogP contribution in [0.3, 0.4) is 0 Å². The van der Waals surface area contributed by atoms with Gasteiger partial charge in [0.05, 0.1) is 0 Å². The zero-order chi connectivity index (χ0) is 8.55. The summed E-state index contributed by atoms with van der Waals surface area (Å²) >= 11 is 0. The molecule has 1 aromatic carbocycles. The lowest BCUT2D eigenvalue weighted by molar-refractivity contribution is 0.625. The van der Waals surface area contributed by atoms with Gasteiger partial charge in [0.1, 0.15) is 11.9 Å². The van der Waals surface area contributed by atoms with Gasteiger partial charge in [-0.15, -0.1) is 0 Å². The molecule has 0 aromatic heterocycles. The van der Waals surface area contributed by atoms with Crippen molar-refractivity contribution in [3.05, 3.63) is 40.1 Å². The van der Waals surface area contributed by atoms with E-state index in [2.05, 4.69) is 5.18 Å². The number of hydrogen-bond donors (Lipinski definition) is 0. The smallest absolute Gasteiger partial charge is 0.123 e. The first kappa shape index (κ1) is 7.40. The molecule has 1 unspecified atom stereocenters. The molecule has 0 N–H and O–H groups in total. The highest BCUT2D eigenvalue weighted by atomic mass is 19.1. The Hall–Kier alpha value is -1.25. The van der Waals surface area contributed by atoms with Gasteiger partial charge in [0.15, 0.2) is 0 Å².